The third-order valence-corrected chi connectivity index (χ3v) is 5.55. The highest BCUT2D eigenvalue weighted by atomic mass is 16.6. The molecule has 1 aliphatic heterocycles. The molecule has 3 aromatic rings. The number of methoxy groups -OCH3 is 1. The van der Waals surface area contributed by atoms with Crippen LogP contribution < -0.4 is 14.4 Å². The average Bonchev–Trinajstić information content (AvgIpc) is 3.31. The minimum absolute atomic E-state index is 0.0755. The first kappa shape index (κ1) is 23.9. The minimum Gasteiger partial charge on any atom is -0.493 e. The SMILES string of the molecule is COc1cc(/C=C(\C#N)C(=O)N2CCc3ccccc32)ccc1Oc1ccc([N+](=O)[O-])cc1[N+](=O)[O-]. The van der Waals surface area contributed by atoms with E-state index >= 15 is 0 Å². The molecule has 0 atom stereocenters. The van der Waals surface area contributed by atoms with Crippen LogP contribution in [0.5, 0.6) is 17.2 Å². The second kappa shape index (κ2) is 9.94. The van der Waals surface area contributed by atoms with Gasteiger partial charge in [0.25, 0.3) is 11.6 Å². The van der Waals surface area contributed by atoms with Crippen molar-refractivity contribution in [3.8, 4) is 23.3 Å². The van der Waals surface area contributed by atoms with Crippen LogP contribution in [0.3, 0.4) is 0 Å². The summed E-state index contributed by atoms with van der Waals surface area (Å²) in [5, 5.41) is 32.0. The zero-order valence-corrected chi connectivity index (χ0v) is 18.9. The zero-order valence-electron chi connectivity index (χ0n) is 18.9. The molecule has 0 spiro atoms. The van der Waals surface area contributed by atoms with Gasteiger partial charge in [0.2, 0.25) is 5.75 Å². The predicted molar refractivity (Wildman–Crippen MR) is 129 cm³/mol. The molecule has 0 aromatic heterocycles. The molecule has 180 valence electrons. The van der Waals surface area contributed by atoms with Crippen LogP contribution in [0.2, 0.25) is 0 Å². The Balaban J connectivity index is 1.62. The van der Waals surface area contributed by atoms with E-state index in [9.17, 15) is 30.3 Å². The van der Waals surface area contributed by atoms with E-state index < -0.39 is 27.1 Å². The van der Waals surface area contributed by atoms with Crippen molar-refractivity contribution in [3.63, 3.8) is 0 Å². The van der Waals surface area contributed by atoms with Crippen molar-refractivity contribution in [1.82, 2.24) is 0 Å². The molecule has 0 aliphatic carbocycles. The Labute approximate surface area is 204 Å². The summed E-state index contributed by atoms with van der Waals surface area (Å²) in [4.78, 5) is 35.4. The number of nitro benzene ring substituents is 2. The number of carbonyl (C=O) groups is 1. The van der Waals surface area contributed by atoms with Crippen LogP contribution >= 0.6 is 0 Å². The van der Waals surface area contributed by atoms with Crippen molar-refractivity contribution < 1.29 is 24.1 Å². The molecule has 4 rings (SSSR count). The highest BCUT2D eigenvalue weighted by molar-refractivity contribution is 6.12. The standard InChI is InChI=1S/C25H18N4O7/c1-35-24-13-16(12-18(15-26)25(30)27-11-10-17-4-2-3-5-20(17)27)6-8-23(24)36-22-9-7-19(28(31)32)14-21(22)29(33)34/h2-9,12-14H,10-11H2,1H3/b18-12+. The van der Waals surface area contributed by atoms with Crippen molar-refractivity contribution in [2.45, 2.75) is 6.42 Å². The summed E-state index contributed by atoms with van der Waals surface area (Å²) in [6.45, 7) is 0.474. The molecular weight excluding hydrogens is 468 g/mol. The quantitative estimate of drug-likeness (QED) is 0.200. The Morgan fingerprint density at radius 2 is 1.78 bits per heavy atom. The number of para-hydroxylation sites is 1. The lowest BCUT2D eigenvalue weighted by atomic mass is 10.1. The first-order valence-electron chi connectivity index (χ1n) is 10.6. The number of hydrogen-bond acceptors (Lipinski definition) is 8. The maximum atomic E-state index is 13.1. The summed E-state index contributed by atoms with van der Waals surface area (Å²) in [7, 11) is 1.36. The smallest absolute Gasteiger partial charge is 0.318 e. The number of rotatable bonds is 7. The lowest BCUT2D eigenvalue weighted by molar-refractivity contribution is -0.394. The number of fused-ring (bicyclic) bond motifs is 1. The molecule has 11 heteroatoms. The molecule has 1 heterocycles. The van der Waals surface area contributed by atoms with Gasteiger partial charge in [-0.15, -0.1) is 0 Å². The number of non-ortho nitro benzene ring substituents is 1. The number of nitriles is 1. The first-order chi connectivity index (χ1) is 17.3. The fraction of sp³-hybridized carbons (Fsp3) is 0.120. The van der Waals surface area contributed by atoms with Crippen molar-refractivity contribution >= 4 is 29.0 Å². The monoisotopic (exact) mass is 486 g/mol. The summed E-state index contributed by atoms with van der Waals surface area (Å²) < 4.78 is 11.0. The highest BCUT2D eigenvalue weighted by Crippen LogP contribution is 2.38. The van der Waals surface area contributed by atoms with E-state index in [0.29, 0.717) is 18.5 Å². The number of carbonyl (C=O) groups excluding carboxylic acids is 1. The van der Waals surface area contributed by atoms with Crippen LogP contribution in [0.1, 0.15) is 11.1 Å². The van der Waals surface area contributed by atoms with Gasteiger partial charge >= 0.3 is 5.69 Å². The van der Waals surface area contributed by atoms with E-state index in [0.717, 1.165) is 29.4 Å². The van der Waals surface area contributed by atoms with E-state index in [1.54, 1.807) is 11.0 Å². The van der Waals surface area contributed by atoms with E-state index in [1.165, 1.54) is 25.3 Å². The van der Waals surface area contributed by atoms with Crippen LogP contribution in [-0.2, 0) is 11.2 Å². The van der Waals surface area contributed by atoms with Gasteiger partial charge in [0.15, 0.2) is 11.5 Å². The van der Waals surface area contributed by atoms with Crippen molar-refractivity contribution in [2.24, 2.45) is 0 Å². The van der Waals surface area contributed by atoms with Crippen molar-refractivity contribution in [3.05, 3.63) is 97.6 Å². The Morgan fingerprint density at radius 1 is 1.03 bits per heavy atom. The Kier molecular flexibility index (Phi) is 6.60. The molecule has 1 amide bonds. The normalized spacial score (nSPS) is 12.4. The fourth-order valence-electron chi connectivity index (χ4n) is 3.83. The van der Waals surface area contributed by atoms with Gasteiger partial charge in [-0.1, -0.05) is 24.3 Å². The van der Waals surface area contributed by atoms with Gasteiger partial charge in [-0.25, -0.2) is 0 Å². The topological polar surface area (TPSA) is 149 Å². The molecule has 0 unspecified atom stereocenters. The minimum atomic E-state index is -0.784. The number of amides is 1. The van der Waals surface area contributed by atoms with Gasteiger partial charge in [0.1, 0.15) is 11.6 Å². The van der Waals surface area contributed by atoms with Crippen LogP contribution in [0, 0.1) is 31.6 Å². The van der Waals surface area contributed by atoms with Crippen molar-refractivity contribution in [2.75, 3.05) is 18.6 Å². The van der Waals surface area contributed by atoms with Gasteiger partial charge in [0, 0.05) is 18.3 Å². The van der Waals surface area contributed by atoms with E-state index in [4.69, 9.17) is 9.47 Å². The van der Waals surface area contributed by atoms with Gasteiger partial charge in [0.05, 0.1) is 23.0 Å². The second-order valence-electron chi connectivity index (χ2n) is 7.68. The average molecular weight is 486 g/mol. The fourth-order valence-corrected chi connectivity index (χ4v) is 3.83. The largest absolute Gasteiger partial charge is 0.493 e. The molecule has 0 saturated heterocycles. The number of benzene rings is 3. The molecule has 11 nitrogen and oxygen atoms in total. The van der Waals surface area contributed by atoms with Crippen molar-refractivity contribution in [1.29, 1.82) is 5.26 Å². The van der Waals surface area contributed by atoms with Gasteiger partial charge in [-0.3, -0.25) is 25.0 Å². The van der Waals surface area contributed by atoms with Crippen LogP contribution in [-0.4, -0.2) is 29.4 Å². The molecule has 36 heavy (non-hydrogen) atoms. The van der Waals surface area contributed by atoms with Crippen LogP contribution in [0.25, 0.3) is 6.08 Å². The van der Waals surface area contributed by atoms with Crippen LogP contribution in [0.4, 0.5) is 17.1 Å². The molecule has 1 aliphatic rings. The lowest BCUT2D eigenvalue weighted by Crippen LogP contribution is -2.29. The number of hydrogen-bond donors (Lipinski definition) is 0. The summed E-state index contributed by atoms with van der Waals surface area (Å²) in [6, 6.07) is 17.0. The molecule has 0 N–H and O–H groups in total. The predicted octanol–water partition coefficient (Wildman–Crippen LogP) is 4.80. The van der Waals surface area contributed by atoms with Gasteiger partial charge < -0.3 is 14.4 Å². The number of anilines is 1. The Hall–Kier alpha value is -5.24. The number of nitrogens with zero attached hydrogens (tertiary/aromatic N) is 4. The van der Waals surface area contributed by atoms with Gasteiger partial charge in [-0.2, -0.15) is 5.26 Å². The first-order valence-corrected chi connectivity index (χ1v) is 10.6. The third kappa shape index (κ3) is 4.69. The van der Waals surface area contributed by atoms with Gasteiger partial charge in [-0.05, 0) is 47.9 Å². The lowest BCUT2D eigenvalue weighted by Gasteiger charge is -2.16. The third-order valence-electron chi connectivity index (χ3n) is 5.55. The molecule has 0 radical (unpaired) electrons. The second-order valence-corrected chi connectivity index (χ2v) is 7.68. The maximum Gasteiger partial charge on any atom is 0.318 e. The Morgan fingerprint density at radius 3 is 2.47 bits per heavy atom. The molecule has 0 bridgehead atoms. The summed E-state index contributed by atoms with van der Waals surface area (Å²) >= 11 is 0. The summed E-state index contributed by atoms with van der Waals surface area (Å²) in [6.07, 6.45) is 2.12. The van der Waals surface area contributed by atoms with E-state index in [-0.39, 0.29) is 22.8 Å². The summed E-state index contributed by atoms with van der Waals surface area (Å²) in [5.41, 5.74) is 1.17. The highest BCUT2D eigenvalue weighted by Gasteiger charge is 2.27. The molecule has 3 aromatic carbocycles. The molecular formula is C25H18N4O7. The number of ether oxygens (including phenoxy) is 2. The molecule has 0 fully saturated rings. The number of nitro groups is 2. The van der Waals surface area contributed by atoms with E-state index in [1.807, 2.05) is 30.3 Å². The van der Waals surface area contributed by atoms with E-state index in [2.05, 4.69) is 0 Å². The van der Waals surface area contributed by atoms with Crippen LogP contribution in [0.15, 0.2) is 66.2 Å². The summed E-state index contributed by atoms with van der Waals surface area (Å²) in [5.74, 6) is -0.367. The maximum absolute atomic E-state index is 13.1. The molecule has 0 saturated carbocycles. The zero-order chi connectivity index (χ0) is 25.8. The Bertz CT molecular complexity index is 1460.